The van der Waals surface area contributed by atoms with Gasteiger partial charge in [-0.05, 0) is 30.2 Å². The maximum atomic E-state index is 12.1. The van der Waals surface area contributed by atoms with Crippen LogP contribution in [0.15, 0.2) is 30.6 Å². The Bertz CT molecular complexity index is 595. The third kappa shape index (κ3) is 3.88. The number of aryl methyl sites for hydroxylation is 2. The van der Waals surface area contributed by atoms with Gasteiger partial charge >= 0.3 is 0 Å². The van der Waals surface area contributed by atoms with Crippen LogP contribution in [0.4, 0.5) is 0 Å². The summed E-state index contributed by atoms with van der Waals surface area (Å²) in [6.07, 6.45) is 4.30. The number of rotatable bonds is 6. The molecular formula is C15H20N4O2. The molecule has 0 aliphatic carbocycles. The highest BCUT2D eigenvalue weighted by molar-refractivity contribution is 5.92. The van der Waals surface area contributed by atoms with Gasteiger partial charge in [0, 0.05) is 26.0 Å². The van der Waals surface area contributed by atoms with Crippen molar-refractivity contribution in [3.63, 3.8) is 0 Å². The van der Waals surface area contributed by atoms with Crippen molar-refractivity contribution in [2.24, 2.45) is 7.05 Å². The second-order valence-electron chi connectivity index (χ2n) is 4.90. The summed E-state index contributed by atoms with van der Waals surface area (Å²) >= 11 is 0. The molecule has 0 aliphatic rings. The van der Waals surface area contributed by atoms with Crippen LogP contribution in [-0.2, 0) is 13.5 Å². The normalized spacial score (nSPS) is 12.1. The SMILES string of the molecule is CCCc1cc(C(=O)NC[C@H](O)c2ccncc2)n(C)n1. The summed E-state index contributed by atoms with van der Waals surface area (Å²) in [5.74, 6) is -0.236. The first-order chi connectivity index (χ1) is 10.1. The lowest BCUT2D eigenvalue weighted by molar-refractivity contribution is 0.0907. The molecule has 0 aliphatic heterocycles. The number of aromatic nitrogens is 3. The number of carbonyl (C=O) groups is 1. The Morgan fingerprint density at radius 2 is 2.14 bits per heavy atom. The van der Waals surface area contributed by atoms with Crippen molar-refractivity contribution in [1.29, 1.82) is 0 Å². The minimum absolute atomic E-state index is 0.150. The van der Waals surface area contributed by atoms with Gasteiger partial charge in [-0.3, -0.25) is 14.5 Å². The molecule has 6 heteroatoms. The van der Waals surface area contributed by atoms with Crippen molar-refractivity contribution in [2.45, 2.75) is 25.9 Å². The van der Waals surface area contributed by atoms with Crippen molar-refractivity contribution in [3.05, 3.63) is 47.5 Å². The smallest absolute Gasteiger partial charge is 0.269 e. The fourth-order valence-corrected chi connectivity index (χ4v) is 2.10. The predicted octanol–water partition coefficient (Wildman–Crippen LogP) is 1.23. The highest BCUT2D eigenvalue weighted by Gasteiger charge is 2.15. The third-order valence-corrected chi connectivity index (χ3v) is 3.22. The molecule has 2 N–H and O–H groups in total. The van der Waals surface area contributed by atoms with E-state index in [2.05, 4.69) is 22.3 Å². The Kier molecular flexibility index (Phi) is 5.05. The van der Waals surface area contributed by atoms with Crippen molar-refractivity contribution in [2.75, 3.05) is 6.54 Å². The van der Waals surface area contributed by atoms with E-state index in [0.29, 0.717) is 5.69 Å². The fraction of sp³-hybridized carbons (Fsp3) is 0.400. The van der Waals surface area contributed by atoms with Gasteiger partial charge in [-0.2, -0.15) is 5.10 Å². The van der Waals surface area contributed by atoms with Crippen LogP contribution in [0.2, 0.25) is 0 Å². The number of amides is 1. The molecule has 2 heterocycles. The van der Waals surface area contributed by atoms with Crippen LogP contribution in [0.3, 0.4) is 0 Å². The van der Waals surface area contributed by atoms with Crippen molar-refractivity contribution in [3.8, 4) is 0 Å². The van der Waals surface area contributed by atoms with E-state index < -0.39 is 6.10 Å². The molecule has 0 saturated carbocycles. The summed E-state index contributed by atoms with van der Waals surface area (Å²) in [5.41, 5.74) is 2.13. The molecule has 21 heavy (non-hydrogen) atoms. The fourth-order valence-electron chi connectivity index (χ4n) is 2.10. The number of nitrogens with one attached hydrogen (secondary N) is 1. The van der Waals surface area contributed by atoms with Crippen LogP contribution in [-0.4, -0.2) is 32.3 Å². The zero-order valence-corrected chi connectivity index (χ0v) is 12.3. The van der Waals surface area contributed by atoms with Crippen LogP contribution in [0.1, 0.15) is 41.2 Å². The average molecular weight is 288 g/mol. The second-order valence-corrected chi connectivity index (χ2v) is 4.90. The maximum Gasteiger partial charge on any atom is 0.269 e. The van der Waals surface area contributed by atoms with Gasteiger partial charge in [-0.1, -0.05) is 13.3 Å². The molecule has 0 radical (unpaired) electrons. The Morgan fingerprint density at radius 1 is 1.43 bits per heavy atom. The topological polar surface area (TPSA) is 80.0 Å². The van der Waals surface area contributed by atoms with Gasteiger partial charge in [0.1, 0.15) is 5.69 Å². The Labute approximate surface area is 123 Å². The minimum Gasteiger partial charge on any atom is -0.387 e. The first kappa shape index (κ1) is 15.2. The molecule has 0 unspecified atom stereocenters. The largest absolute Gasteiger partial charge is 0.387 e. The zero-order chi connectivity index (χ0) is 15.2. The zero-order valence-electron chi connectivity index (χ0n) is 12.3. The van der Waals surface area contributed by atoms with Gasteiger partial charge in [-0.15, -0.1) is 0 Å². The maximum absolute atomic E-state index is 12.1. The number of hydrogen-bond acceptors (Lipinski definition) is 4. The molecule has 112 valence electrons. The van der Waals surface area contributed by atoms with Crippen molar-refractivity contribution in [1.82, 2.24) is 20.1 Å². The van der Waals surface area contributed by atoms with Crippen LogP contribution in [0.5, 0.6) is 0 Å². The van der Waals surface area contributed by atoms with Gasteiger partial charge in [0.05, 0.1) is 11.8 Å². The molecule has 0 aromatic carbocycles. The third-order valence-electron chi connectivity index (χ3n) is 3.22. The van der Waals surface area contributed by atoms with Crippen molar-refractivity contribution >= 4 is 5.91 Å². The summed E-state index contributed by atoms with van der Waals surface area (Å²) in [6.45, 7) is 2.22. The molecule has 0 saturated heterocycles. The molecule has 2 aromatic heterocycles. The predicted molar refractivity (Wildman–Crippen MR) is 78.7 cm³/mol. The van der Waals surface area contributed by atoms with E-state index >= 15 is 0 Å². The summed E-state index contributed by atoms with van der Waals surface area (Å²) in [4.78, 5) is 16.0. The van der Waals surface area contributed by atoms with Gasteiger partial charge in [0.2, 0.25) is 0 Å². The van der Waals surface area contributed by atoms with Gasteiger partial charge in [0.15, 0.2) is 0 Å². The van der Waals surface area contributed by atoms with E-state index in [9.17, 15) is 9.90 Å². The monoisotopic (exact) mass is 288 g/mol. The van der Waals surface area contributed by atoms with Crippen LogP contribution in [0, 0.1) is 0 Å². The molecule has 0 spiro atoms. The molecule has 1 amide bonds. The number of pyridine rings is 1. The molecule has 2 aromatic rings. The molecule has 1 atom stereocenters. The number of nitrogens with zero attached hydrogens (tertiary/aromatic N) is 3. The number of hydrogen-bond donors (Lipinski definition) is 2. The van der Waals surface area contributed by atoms with E-state index in [4.69, 9.17) is 0 Å². The van der Waals surface area contributed by atoms with E-state index in [1.54, 1.807) is 42.3 Å². The van der Waals surface area contributed by atoms with Crippen LogP contribution >= 0.6 is 0 Å². The first-order valence-corrected chi connectivity index (χ1v) is 7.01. The van der Waals surface area contributed by atoms with Crippen LogP contribution < -0.4 is 5.32 Å². The Morgan fingerprint density at radius 3 is 2.81 bits per heavy atom. The van der Waals surface area contributed by atoms with Gasteiger partial charge < -0.3 is 10.4 Å². The lowest BCUT2D eigenvalue weighted by atomic mass is 10.1. The first-order valence-electron chi connectivity index (χ1n) is 7.01. The highest BCUT2D eigenvalue weighted by atomic mass is 16.3. The minimum atomic E-state index is -0.750. The van der Waals surface area contributed by atoms with E-state index in [0.717, 1.165) is 24.1 Å². The van der Waals surface area contributed by atoms with Gasteiger partial charge in [0.25, 0.3) is 5.91 Å². The summed E-state index contributed by atoms with van der Waals surface area (Å²) in [7, 11) is 1.74. The Balaban J connectivity index is 1.95. The quantitative estimate of drug-likeness (QED) is 0.838. The van der Waals surface area contributed by atoms with Crippen LogP contribution in [0.25, 0.3) is 0 Å². The molecule has 2 rings (SSSR count). The molecule has 6 nitrogen and oxygen atoms in total. The standard InChI is InChI=1S/C15H20N4O2/c1-3-4-12-9-13(19(2)18-12)15(21)17-10-14(20)11-5-7-16-8-6-11/h5-9,14,20H,3-4,10H2,1-2H3,(H,17,21)/t14-/m0/s1. The number of carbonyl (C=O) groups excluding carboxylic acids is 1. The average Bonchev–Trinajstić information content (AvgIpc) is 2.86. The summed E-state index contributed by atoms with van der Waals surface area (Å²) < 4.78 is 1.57. The summed E-state index contributed by atoms with van der Waals surface area (Å²) in [5, 5.41) is 17.0. The van der Waals surface area contributed by atoms with E-state index in [-0.39, 0.29) is 12.5 Å². The van der Waals surface area contributed by atoms with E-state index in [1.807, 2.05) is 0 Å². The number of aliphatic hydroxyl groups is 1. The molecular weight excluding hydrogens is 268 g/mol. The highest BCUT2D eigenvalue weighted by Crippen LogP contribution is 2.10. The Hall–Kier alpha value is -2.21. The summed E-state index contributed by atoms with van der Waals surface area (Å²) in [6, 6.07) is 5.23. The molecule has 0 bridgehead atoms. The van der Waals surface area contributed by atoms with Gasteiger partial charge in [-0.25, -0.2) is 0 Å². The number of aliphatic hydroxyl groups excluding tert-OH is 1. The van der Waals surface area contributed by atoms with E-state index in [1.165, 1.54) is 0 Å². The molecule has 0 fully saturated rings. The lowest BCUT2D eigenvalue weighted by Crippen LogP contribution is -2.29. The second kappa shape index (κ2) is 6.99. The van der Waals surface area contributed by atoms with Crippen molar-refractivity contribution < 1.29 is 9.90 Å². The lowest BCUT2D eigenvalue weighted by Gasteiger charge is -2.11.